The van der Waals surface area contributed by atoms with Crippen LogP contribution in [0.2, 0.25) is 5.02 Å². The summed E-state index contributed by atoms with van der Waals surface area (Å²) >= 11 is 6.41. The number of halogens is 3. The van der Waals surface area contributed by atoms with Crippen LogP contribution >= 0.6 is 11.6 Å². The third-order valence-electron chi connectivity index (χ3n) is 6.56. The predicted octanol–water partition coefficient (Wildman–Crippen LogP) is 3.27. The highest BCUT2D eigenvalue weighted by Gasteiger charge is 2.31. The highest BCUT2D eigenvalue weighted by atomic mass is 35.5. The second-order valence-corrected chi connectivity index (χ2v) is 9.05. The van der Waals surface area contributed by atoms with Crippen molar-refractivity contribution in [2.45, 2.75) is 25.4 Å². The van der Waals surface area contributed by atoms with Gasteiger partial charge in [-0.2, -0.15) is 5.10 Å². The van der Waals surface area contributed by atoms with E-state index in [1.807, 2.05) is 0 Å². The Labute approximate surface area is 205 Å². The summed E-state index contributed by atoms with van der Waals surface area (Å²) in [6, 6.07) is 5.14. The van der Waals surface area contributed by atoms with Crippen molar-refractivity contribution in [2.75, 3.05) is 36.6 Å². The summed E-state index contributed by atoms with van der Waals surface area (Å²) < 4.78 is 35.1. The van der Waals surface area contributed by atoms with E-state index in [4.69, 9.17) is 16.3 Å². The molecule has 2 aliphatic heterocycles. The third-order valence-corrected chi connectivity index (χ3v) is 6.85. The Hall–Kier alpha value is -3.08. The topological polar surface area (TPSA) is 92.5 Å². The molecule has 184 valence electrons. The molecule has 11 heteroatoms. The highest BCUT2D eigenvalue weighted by Crippen LogP contribution is 2.33. The number of aliphatic hydroxyl groups excluding tert-OH is 1. The standard InChI is InChI=1S/C24H24ClF2N5O3/c25-17-10-28-23(30-20(12-33)14-5-7-35-13-14)8-22(17)31-6-4-21-15(24(31)34)9-29-32(21)11-16-18(26)2-1-3-19(16)27/h1-3,8-10,14,20,33H,4-7,11-13H2,(H,28,30)/t14?,20-/m1/s1. The molecule has 0 saturated carbocycles. The van der Waals surface area contributed by atoms with Gasteiger partial charge in [-0.3, -0.25) is 9.48 Å². The molecule has 1 saturated heterocycles. The van der Waals surface area contributed by atoms with Gasteiger partial charge < -0.3 is 20.1 Å². The largest absolute Gasteiger partial charge is 0.394 e. The first-order chi connectivity index (χ1) is 17.0. The average Bonchev–Trinajstić information content (AvgIpc) is 3.52. The van der Waals surface area contributed by atoms with Gasteiger partial charge in [-0.05, 0) is 18.6 Å². The maximum Gasteiger partial charge on any atom is 0.261 e. The molecule has 5 rings (SSSR count). The van der Waals surface area contributed by atoms with Crippen LogP contribution in [0.4, 0.5) is 20.3 Å². The van der Waals surface area contributed by atoms with Crippen molar-refractivity contribution in [1.82, 2.24) is 14.8 Å². The van der Waals surface area contributed by atoms with Gasteiger partial charge in [-0.25, -0.2) is 13.8 Å². The van der Waals surface area contributed by atoms with Gasteiger partial charge in [0.1, 0.15) is 17.5 Å². The number of nitrogens with zero attached hydrogens (tertiary/aromatic N) is 4. The summed E-state index contributed by atoms with van der Waals surface area (Å²) in [7, 11) is 0. The molecule has 3 aromatic rings. The van der Waals surface area contributed by atoms with Crippen molar-refractivity contribution in [2.24, 2.45) is 5.92 Å². The fourth-order valence-electron chi connectivity index (χ4n) is 4.60. The van der Waals surface area contributed by atoms with E-state index in [-0.39, 0.29) is 36.6 Å². The molecule has 0 radical (unpaired) electrons. The number of pyridine rings is 1. The minimum Gasteiger partial charge on any atom is -0.394 e. The zero-order valence-electron chi connectivity index (χ0n) is 18.8. The van der Waals surface area contributed by atoms with Gasteiger partial charge >= 0.3 is 0 Å². The van der Waals surface area contributed by atoms with Crippen LogP contribution in [-0.2, 0) is 17.7 Å². The minimum atomic E-state index is -0.660. The highest BCUT2D eigenvalue weighted by molar-refractivity contribution is 6.34. The second-order valence-electron chi connectivity index (χ2n) is 8.65. The minimum absolute atomic E-state index is 0.0819. The number of fused-ring (bicyclic) bond motifs is 1. The van der Waals surface area contributed by atoms with Crippen molar-refractivity contribution >= 4 is 29.0 Å². The van der Waals surface area contributed by atoms with E-state index < -0.39 is 11.6 Å². The molecule has 0 bridgehead atoms. The van der Waals surface area contributed by atoms with Crippen LogP contribution in [0.15, 0.2) is 36.7 Å². The molecule has 0 spiro atoms. The number of hydrogen-bond donors (Lipinski definition) is 2. The van der Waals surface area contributed by atoms with Crippen LogP contribution in [0.1, 0.15) is 28.0 Å². The van der Waals surface area contributed by atoms with Crippen LogP contribution in [0.3, 0.4) is 0 Å². The molecule has 1 amide bonds. The molecular weight excluding hydrogens is 480 g/mol. The average molecular weight is 504 g/mol. The molecule has 1 fully saturated rings. The SMILES string of the molecule is O=C1c2cnn(Cc3c(F)cccc3F)c2CCN1c1cc(N[C@H](CO)C2CCOC2)ncc1Cl. The first kappa shape index (κ1) is 23.7. The number of ether oxygens (including phenoxy) is 1. The summed E-state index contributed by atoms with van der Waals surface area (Å²) in [5.41, 5.74) is 1.34. The van der Waals surface area contributed by atoms with E-state index in [2.05, 4.69) is 15.4 Å². The number of amides is 1. The summed E-state index contributed by atoms with van der Waals surface area (Å²) in [6.45, 7) is 1.33. The lowest BCUT2D eigenvalue weighted by Crippen LogP contribution is -2.38. The lowest BCUT2D eigenvalue weighted by Gasteiger charge is -2.29. The number of aromatic nitrogens is 3. The molecule has 2 aliphatic rings. The lowest BCUT2D eigenvalue weighted by atomic mass is 10.00. The number of anilines is 2. The Morgan fingerprint density at radius 2 is 2.09 bits per heavy atom. The summed E-state index contributed by atoms with van der Waals surface area (Å²) in [5.74, 6) is -0.989. The van der Waals surface area contributed by atoms with Gasteiger partial charge in [-0.15, -0.1) is 0 Å². The van der Waals surface area contributed by atoms with Crippen LogP contribution in [-0.4, -0.2) is 58.2 Å². The summed E-state index contributed by atoms with van der Waals surface area (Å²) in [4.78, 5) is 19.2. The third kappa shape index (κ3) is 4.61. The normalized spacial score (nSPS) is 18.6. The molecule has 1 unspecified atom stereocenters. The van der Waals surface area contributed by atoms with Crippen molar-refractivity contribution in [3.8, 4) is 0 Å². The second kappa shape index (κ2) is 9.88. The number of carbonyl (C=O) groups excluding carboxylic acids is 1. The zero-order chi connectivity index (χ0) is 24.5. The molecular formula is C24H24ClF2N5O3. The van der Waals surface area contributed by atoms with E-state index in [1.54, 1.807) is 11.0 Å². The maximum atomic E-state index is 14.1. The Morgan fingerprint density at radius 1 is 1.29 bits per heavy atom. The number of rotatable bonds is 7. The molecule has 35 heavy (non-hydrogen) atoms. The predicted molar refractivity (Wildman–Crippen MR) is 126 cm³/mol. The molecule has 8 nitrogen and oxygen atoms in total. The summed E-state index contributed by atoms with van der Waals surface area (Å²) in [6.07, 6.45) is 4.15. The molecule has 2 atom stereocenters. The fourth-order valence-corrected chi connectivity index (χ4v) is 4.81. The molecule has 1 aromatic carbocycles. The smallest absolute Gasteiger partial charge is 0.261 e. The van der Waals surface area contributed by atoms with Crippen LogP contribution in [0.25, 0.3) is 0 Å². The van der Waals surface area contributed by atoms with Crippen molar-refractivity contribution in [3.63, 3.8) is 0 Å². The van der Waals surface area contributed by atoms with E-state index in [0.29, 0.717) is 54.0 Å². The Morgan fingerprint density at radius 3 is 2.80 bits per heavy atom. The Bertz CT molecular complexity index is 1230. The van der Waals surface area contributed by atoms with E-state index >= 15 is 0 Å². The first-order valence-corrected chi connectivity index (χ1v) is 11.7. The number of nitrogens with one attached hydrogen (secondary N) is 1. The van der Waals surface area contributed by atoms with Crippen molar-refractivity contribution in [1.29, 1.82) is 0 Å². The monoisotopic (exact) mass is 503 g/mol. The number of benzene rings is 1. The van der Waals surface area contributed by atoms with Crippen LogP contribution < -0.4 is 10.2 Å². The van der Waals surface area contributed by atoms with Crippen LogP contribution in [0, 0.1) is 17.6 Å². The van der Waals surface area contributed by atoms with Gasteiger partial charge in [0, 0.05) is 37.1 Å². The van der Waals surface area contributed by atoms with Gasteiger partial charge in [0.05, 0.1) is 60.2 Å². The van der Waals surface area contributed by atoms with Crippen LogP contribution in [0.5, 0.6) is 0 Å². The van der Waals surface area contributed by atoms with Gasteiger partial charge in [-0.1, -0.05) is 17.7 Å². The molecule has 0 aliphatic carbocycles. The van der Waals surface area contributed by atoms with E-state index in [9.17, 15) is 18.7 Å². The fraction of sp³-hybridized carbons (Fsp3) is 0.375. The number of hydrogen-bond acceptors (Lipinski definition) is 6. The molecule has 2 N–H and O–H groups in total. The molecule has 2 aromatic heterocycles. The van der Waals surface area contributed by atoms with Crippen molar-refractivity contribution in [3.05, 3.63) is 70.1 Å². The number of aliphatic hydroxyl groups is 1. The first-order valence-electron chi connectivity index (χ1n) is 11.4. The molecule has 4 heterocycles. The quantitative estimate of drug-likeness (QED) is 0.514. The van der Waals surface area contributed by atoms with E-state index in [1.165, 1.54) is 35.3 Å². The lowest BCUT2D eigenvalue weighted by molar-refractivity contribution is 0.0980. The van der Waals surface area contributed by atoms with Gasteiger partial charge in [0.15, 0.2) is 0 Å². The number of carbonyl (C=O) groups is 1. The Balaban J connectivity index is 1.38. The van der Waals surface area contributed by atoms with Gasteiger partial charge in [0.2, 0.25) is 0 Å². The maximum absolute atomic E-state index is 14.1. The Kier molecular flexibility index (Phi) is 6.68. The zero-order valence-corrected chi connectivity index (χ0v) is 19.5. The van der Waals surface area contributed by atoms with Crippen molar-refractivity contribution < 1.29 is 23.4 Å². The summed E-state index contributed by atoms with van der Waals surface area (Å²) in [5, 5.41) is 17.6. The van der Waals surface area contributed by atoms with Gasteiger partial charge in [0.25, 0.3) is 5.91 Å². The van der Waals surface area contributed by atoms with E-state index in [0.717, 1.165) is 6.42 Å².